The van der Waals surface area contributed by atoms with Crippen LogP contribution in [0.1, 0.15) is 0 Å². The molecule has 1 saturated heterocycles. The molecule has 1 aliphatic heterocycles. The molecule has 0 bridgehead atoms. The van der Waals surface area contributed by atoms with Gasteiger partial charge in [0.15, 0.2) is 0 Å². The third-order valence-electron chi connectivity index (χ3n) is 2.35. The number of hydrogen-bond donors (Lipinski definition) is 1. The summed E-state index contributed by atoms with van der Waals surface area (Å²) in [6, 6.07) is 4.74. The van der Waals surface area contributed by atoms with Gasteiger partial charge in [-0.15, -0.1) is 0 Å². The van der Waals surface area contributed by atoms with Crippen LogP contribution in [0.15, 0.2) is 18.2 Å². The lowest BCUT2D eigenvalue weighted by Crippen LogP contribution is -2.36. The lowest BCUT2D eigenvalue weighted by Gasteiger charge is -2.15. The summed E-state index contributed by atoms with van der Waals surface area (Å²) in [7, 11) is 0. The first kappa shape index (κ1) is 14.6. The number of benzene rings is 1. The summed E-state index contributed by atoms with van der Waals surface area (Å²) in [5, 5.41) is 3.43. The van der Waals surface area contributed by atoms with E-state index in [4.69, 9.17) is 35.4 Å². The minimum atomic E-state index is -0.359. The van der Waals surface area contributed by atoms with Crippen molar-refractivity contribution in [2.45, 2.75) is 0 Å². The Morgan fingerprint density at radius 1 is 1.47 bits per heavy atom. The topological polar surface area (TPSA) is 49.4 Å². The largest absolute Gasteiger partial charge is 0.323 e. The van der Waals surface area contributed by atoms with Crippen LogP contribution < -0.4 is 5.32 Å². The van der Waals surface area contributed by atoms with E-state index in [9.17, 15) is 9.59 Å². The molecule has 8 heteroatoms. The first-order chi connectivity index (χ1) is 8.97. The highest BCUT2D eigenvalue weighted by Crippen LogP contribution is 2.25. The minimum Gasteiger partial charge on any atom is -0.323 e. The Labute approximate surface area is 129 Å². The molecule has 1 heterocycles. The van der Waals surface area contributed by atoms with Crippen molar-refractivity contribution in [2.24, 2.45) is 0 Å². The summed E-state index contributed by atoms with van der Waals surface area (Å²) in [6.07, 6.45) is 0. The highest BCUT2D eigenvalue weighted by Gasteiger charge is 2.28. The number of thiocarbonyl (C=S) groups is 1. The van der Waals surface area contributed by atoms with E-state index in [1.54, 1.807) is 12.1 Å². The standard InChI is InChI=1S/C11H8Cl2N2O2S2/c12-6-1-2-8(7(13)3-6)14-9(16)4-15-10(17)5-19-11(15)18/h1-3H,4-5H2,(H,14,16). The predicted molar refractivity (Wildman–Crippen MR) is 81.9 cm³/mol. The lowest BCUT2D eigenvalue weighted by atomic mass is 10.3. The van der Waals surface area contributed by atoms with Crippen molar-refractivity contribution in [3.63, 3.8) is 0 Å². The fraction of sp³-hybridized carbons (Fsp3) is 0.182. The molecular formula is C11H8Cl2N2O2S2. The minimum absolute atomic E-state index is 0.108. The van der Waals surface area contributed by atoms with Gasteiger partial charge in [-0.05, 0) is 18.2 Å². The monoisotopic (exact) mass is 334 g/mol. The van der Waals surface area contributed by atoms with Crippen LogP contribution >= 0.6 is 47.2 Å². The molecule has 1 aromatic carbocycles. The van der Waals surface area contributed by atoms with Gasteiger partial charge >= 0.3 is 0 Å². The van der Waals surface area contributed by atoms with Crippen molar-refractivity contribution >= 4 is 69.0 Å². The van der Waals surface area contributed by atoms with Crippen molar-refractivity contribution in [2.75, 3.05) is 17.6 Å². The molecular weight excluding hydrogens is 327 g/mol. The second kappa shape index (κ2) is 6.09. The zero-order valence-electron chi connectivity index (χ0n) is 9.48. The number of thioether (sulfide) groups is 1. The smallest absolute Gasteiger partial charge is 0.244 e. The summed E-state index contributed by atoms with van der Waals surface area (Å²) in [5.74, 6) is -0.233. The van der Waals surface area contributed by atoms with E-state index in [1.807, 2.05) is 0 Å². The van der Waals surface area contributed by atoms with Crippen molar-refractivity contribution in [3.05, 3.63) is 28.2 Å². The van der Waals surface area contributed by atoms with Gasteiger partial charge in [0.05, 0.1) is 16.5 Å². The molecule has 4 nitrogen and oxygen atoms in total. The first-order valence-electron chi connectivity index (χ1n) is 5.19. The van der Waals surface area contributed by atoms with E-state index in [2.05, 4.69) is 5.32 Å². The van der Waals surface area contributed by atoms with Gasteiger partial charge in [0, 0.05) is 5.02 Å². The Morgan fingerprint density at radius 3 is 2.79 bits per heavy atom. The highest BCUT2D eigenvalue weighted by molar-refractivity contribution is 8.23. The van der Waals surface area contributed by atoms with E-state index in [0.29, 0.717) is 20.1 Å². The fourth-order valence-corrected chi connectivity index (χ4v) is 2.98. The van der Waals surface area contributed by atoms with Crippen molar-refractivity contribution < 1.29 is 9.59 Å². The molecule has 2 amide bonds. The number of hydrogen-bond acceptors (Lipinski definition) is 4. The number of amides is 2. The number of halogens is 2. The van der Waals surface area contributed by atoms with Crippen LogP contribution in [0.2, 0.25) is 10.0 Å². The second-order valence-electron chi connectivity index (χ2n) is 3.71. The molecule has 0 aromatic heterocycles. The molecule has 0 atom stereocenters. The van der Waals surface area contributed by atoms with Crippen LogP contribution in [-0.2, 0) is 9.59 Å². The van der Waals surface area contributed by atoms with Gasteiger partial charge < -0.3 is 5.32 Å². The molecule has 1 aromatic rings. The number of carbonyl (C=O) groups is 2. The van der Waals surface area contributed by atoms with E-state index in [1.165, 1.54) is 22.7 Å². The van der Waals surface area contributed by atoms with E-state index in [0.717, 1.165) is 0 Å². The number of anilines is 1. The van der Waals surface area contributed by atoms with Crippen molar-refractivity contribution in [3.8, 4) is 0 Å². The second-order valence-corrected chi connectivity index (χ2v) is 6.16. The maximum absolute atomic E-state index is 11.8. The number of nitrogens with one attached hydrogen (secondary N) is 1. The van der Waals surface area contributed by atoms with Crippen LogP contribution in [0.5, 0.6) is 0 Å². The molecule has 0 spiro atoms. The zero-order valence-corrected chi connectivity index (χ0v) is 12.6. The van der Waals surface area contributed by atoms with E-state index >= 15 is 0 Å². The van der Waals surface area contributed by atoms with Gasteiger partial charge in [-0.2, -0.15) is 0 Å². The lowest BCUT2D eigenvalue weighted by molar-refractivity contribution is -0.127. The third-order valence-corrected chi connectivity index (χ3v) is 4.33. The maximum Gasteiger partial charge on any atom is 0.244 e. The average molecular weight is 335 g/mol. The van der Waals surface area contributed by atoms with Crippen LogP contribution in [-0.4, -0.2) is 33.3 Å². The fourth-order valence-electron chi connectivity index (χ4n) is 1.46. The van der Waals surface area contributed by atoms with Crippen molar-refractivity contribution in [1.29, 1.82) is 0 Å². The molecule has 1 aliphatic rings. The van der Waals surface area contributed by atoms with Crippen LogP contribution in [0, 0.1) is 0 Å². The third kappa shape index (κ3) is 3.60. The quantitative estimate of drug-likeness (QED) is 0.863. The highest BCUT2D eigenvalue weighted by atomic mass is 35.5. The zero-order chi connectivity index (χ0) is 14.0. The van der Waals surface area contributed by atoms with Crippen molar-refractivity contribution in [1.82, 2.24) is 4.90 Å². The van der Waals surface area contributed by atoms with Crippen LogP contribution in [0.25, 0.3) is 0 Å². The molecule has 0 unspecified atom stereocenters. The van der Waals surface area contributed by atoms with Gasteiger partial charge in [0.25, 0.3) is 0 Å². The van der Waals surface area contributed by atoms with Gasteiger partial charge in [-0.1, -0.05) is 47.2 Å². The maximum atomic E-state index is 11.8. The van der Waals surface area contributed by atoms with Crippen LogP contribution in [0.4, 0.5) is 5.69 Å². The molecule has 19 heavy (non-hydrogen) atoms. The molecule has 0 radical (unpaired) electrons. The molecule has 1 N–H and O–H groups in total. The molecule has 1 fully saturated rings. The summed E-state index contributed by atoms with van der Waals surface area (Å²) in [6.45, 7) is -0.108. The Hall–Kier alpha value is -0.820. The van der Waals surface area contributed by atoms with Gasteiger partial charge in [0.1, 0.15) is 10.9 Å². The first-order valence-corrected chi connectivity index (χ1v) is 7.34. The molecule has 0 aliphatic carbocycles. The number of carbonyl (C=O) groups excluding carboxylic acids is 2. The van der Waals surface area contributed by atoms with E-state index < -0.39 is 0 Å². The number of nitrogens with zero attached hydrogens (tertiary/aromatic N) is 1. The summed E-state index contributed by atoms with van der Waals surface area (Å²) < 4.78 is 0.419. The Kier molecular flexibility index (Phi) is 4.67. The Balaban J connectivity index is 2.01. The van der Waals surface area contributed by atoms with E-state index in [-0.39, 0.29) is 24.1 Å². The summed E-state index contributed by atoms with van der Waals surface area (Å²) in [5.41, 5.74) is 0.446. The molecule has 0 saturated carbocycles. The average Bonchev–Trinajstić information content (AvgIpc) is 2.65. The van der Waals surface area contributed by atoms with Gasteiger partial charge in [-0.25, -0.2) is 0 Å². The Bertz CT molecular complexity index is 550. The van der Waals surface area contributed by atoms with Crippen LogP contribution in [0.3, 0.4) is 0 Å². The SMILES string of the molecule is O=C(CN1C(=O)CSC1=S)Nc1ccc(Cl)cc1Cl. The molecule has 2 rings (SSSR count). The summed E-state index contributed by atoms with van der Waals surface area (Å²) >= 11 is 17.9. The molecule has 100 valence electrons. The summed E-state index contributed by atoms with van der Waals surface area (Å²) in [4.78, 5) is 24.6. The van der Waals surface area contributed by atoms with Gasteiger partial charge in [-0.3, -0.25) is 14.5 Å². The Morgan fingerprint density at radius 2 is 2.21 bits per heavy atom. The predicted octanol–water partition coefficient (Wildman–Crippen LogP) is 2.79. The normalized spacial score (nSPS) is 14.9. The number of rotatable bonds is 3. The van der Waals surface area contributed by atoms with Gasteiger partial charge in [0.2, 0.25) is 11.8 Å².